The van der Waals surface area contributed by atoms with Gasteiger partial charge in [0.15, 0.2) is 4.34 Å². The third-order valence-corrected chi connectivity index (χ3v) is 5.81. The highest BCUT2D eigenvalue weighted by atomic mass is 32.2. The molecule has 0 bridgehead atoms. The van der Waals surface area contributed by atoms with E-state index in [-0.39, 0.29) is 0 Å². The number of hydrogen-bond donors (Lipinski definition) is 0. The van der Waals surface area contributed by atoms with Crippen LogP contribution in [0.4, 0.5) is 0 Å². The van der Waals surface area contributed by atoms with Crippen LogP contribution in [0.1, 0.15) is 11.3 Å². The van der Waals surface area contributed by atoms with E-state index in [2.05, 4.69) is 27.1 Å². The van der Waals surface area contributed by atoms with Gasteiger partial charge < -0.3 is 0 Å². The molecule has 0 N–H and O–H groups in total. The molecule has 3 aromatic heterocycles. The maximum Gasteiger partial charge on any atom is 0.181 e. The Balaban J connectivity index is 1.73. The predicted octanol–water partition coefficient (Wildman–Crippen LogP) is 2.67. The van der Waals surface area contributed by atoms with Gasteiger partial charge in [0.25, 0.3) is 0 Å². The molecule has 0 fully saturated rings. The molecule has 110 valence electrons. The second kappa shape index (κ2) is 5.26. The van der Waals surface area contributed by atoms with Crippen molar-refractivity contribution in [3.8, 4) is 0 Å². The van der Waals surface area contributed by atoms with E-state index in [1.165, 1.54) is 16.9 Å². The molecule has 1 unspecified atom stereocenters. The van der Waals surface area contributed by atoms with Gasteiger partial charge in [-0.1, -0.05) is 6.07 Å². The number of fused-ring (bicyclic) bond motifs is 2. The maximum atomic E-state index is 11.5. The van der Waals surface area contributed by atoms with Gasteiger partial charge in [0.1, 0.15) is 12.0 Å². The summed E-state index contributed by atoms with van der Waals surface area (Å²) in [6.07, 6.45) is 7.82. The van der Waals surface area contributed by atoms with Crippen LogP contribution in [-0.2, 0) is 17.2 Å². The van der Waals surface area contributed by atoms with E-state index >= 15 is 0 Å². The molecule has 3 heterocycles. The molecule has 1 atom stereocenters. The molecule has 0 aliphatic carbocycles. The standard InChI is InChI=1S/C15H12N4OS2/c1-22(20)15-18-12-3-2-10(7-13(12)21-15)6-11-8-17-14-4-5-16-9-19(11)14/h2-5,7-9H,6H2,1H3. The summed E-state index contributed by atoms with van der Waals surface area (Å²) in [5, 5.41) is 0. The van der Waals surface area contributed by atoms with Gasteiger partial charge in [0, 0.05) is 30.8 Å². The summed E-state index contributed by atoms with van der Waals surface area (Å²) in [6, 6.07) is 8.04. The molecule has 7 heteroatoms. The van der Waals surface area contributed by atoms with Crippen LogP contribution in [0.5, 0.6) is 0 Å². The number of aromatic nitrogens is 4. The summed E-state index contributed by atoms with van der Waals surface area (Å²) in [4.78, 5) is 12.9. The lowest BCUT2D eigenvalue weighted by molar-refractivity contribution is 0.686. The summed E-state index contributed by atoms with van der Waals surface area (Å²) in [6.45, 7) is 0. The smallest absolute Gasteiger partial charge is 0.181 e. The molecule has 22 heavy (non-hydrogen) atoms. The molecular formula is C15H12N4OS2. The highest BCUT2D eigenvalue weighted by molar-refractivity contribution is 7.86. The fourth-order valence-electron chi connectivity index (χ4n) is 2.40. The second-order valence-corrected chi connectivity index (χ2v) is 7.55. The lowest BCUT2D eigenvalue weighted by atomic mass is 10.1. The minimum atomic E-state index is -1.03. The molecule has 4 aromatic rings. The summed E-state index contributed by atoms with van der Waals surface area (Å²) >= 11 is 1.49. The zero-order valence-electron chi connectivity index (χ0n) is 11.8. The first-order valence-electron chi connectivity index (χ1n) is 6.69. The Morgan fingerprint density at radius 3 is 3.09 bits per heavy atom. The van der Waals surface area contributed by atoms with Crippen LogP contribution in [0, 0.1) is 0 Å². The van der Waals surface area contributed by atoms with Crippen LogP contribution in [-0.4, -0.2) is 29.8 Å². The summed E-state index contributed by atoms with van der Waals surface area (Å²) in [5.41, 5.74) is 4.06. The van der Waals surface area contributed by atoms with Crippen LogP contribution < -0.4 is 0 Å². The number of nitrogens with zero attached hydrogens (tertiary/aromatic N) is 4. The van der Waals surface area contributed by atoms with Gasteiger partial charge in [0.2, 0.25) is 0 Å². The first kappa shape index (κ1) is 13.5. The van der Waals surface area contributed by atoms with Crippen molar-refractivity contribution in [3.05, 3.63) is 54.2 Å². The topological polar surface area (TPSA) is 60.2 Å². The maximum absolute atomic E-state index is 11.5. The van der Waals surface area contributed by atoms with Crippen LogP contribution in [0.25, 0.3) is 15.9 Å². The lowest BCUT2D eigenvalue weighted by Crippen LogP contribution is -1.95. The van der Waals surface area contributed by atoms with Crippen LogP contribution in [0.2, 0.25) is 0 Å². The molecule has 4 rings (SSSR count). The van der Waals surface area contributed by atoms with E-state index in [4.69, 9.17) is 0 Å². The predicted molar refractivity (Wildman–Crippen MR) is 87.7 cm³/mol. The number of thiazole rings is 1. The van der Waals surface area contributed by atoms with Crippen molar-refractivity contribution in [3.63, 3.8) is 0 Å². The zero-order chi connectivity index (χ0) is 15.1. The van der Waals surface area contributed by atoms with Gasteiger partial charge in [0.05, 0.1) is 21.0 Å². The van der Waals surface area contributed by atoms with Crippen LogP contribution >= 0.6 is 11.3 Å². The Kier molecular flexibility index (Phi) is 3.24. The van der Waals surface area contributed by atoms with Crippen molar-refractivity contribution in [1.29, 1.82) is 0 Å². The van der Waals surface area contributed by atoms with Crippen molar-refractivity contribution in [1.82, 2.24) is 19.4 Å². The van der Waals surface area contributed by atoms with Crippen LogP contribution in [0.3, 0.4) is 0 Å². The van der Waals surface area contributed by atoms with E-state index in [0.717, 1.165) is 28.0 Å². The molecular weight excluding hydrogens is 316 g/mol. The van der Waals surface area contributed by atoms with Crippen molar-refractivity contribution in [2.45, 2.75) is 10.8 Å². The summed E-state index contributed by atoms with van der Waals surface area (Å²) in [7, 11) is -1.03. The van der Waals surface area contributed by atoms with E-state index in [1.807, 2.05) is 22.7 Å². The van der Waals surface area contributed by atoms with Gasteiger partial charge in [-0.25, -0.2) is 15.0 Å². The normalized spacial score (nSPS) is 13.0. The minimum Gasteiger partial charge on any atom is -0.287 e. The minimum absolute atomic E-state index is 0.672. The van der Waals surface area contributed by atoms with Gasteiger partial charge in [-0.05, 0) is 23.8 Å². The highest BCUT2D eigenvalue weighted by Gasteiger charge is 2.09. The first-order chi connectivity index (χ1) is 10.7. The van der Waals surface area contributed by atoms with E-state index in [0.29, 0.717) is 4.34 Å². The number of imidazole rings is 1. The first-order valence-corrected chi connectivity index (χ1v) is 9.07. The Morgan fingerprint density at radius 1 is 1.32 bits per heavy atom. The SMILES string of the molecule is CS(=O)c1nc2ccc(Cc3cnc4ccncn34)cc2s1. The van der Waals surface area contributed by atoms with Crippen molar-refractivity contribution in [2.75, 3.05) is 6.26 Å². The summed E-state index contributed by atoms with van der Waals surface area (Å²) in [5.74, 6) is 0. The molecule has 0 spiro atoms. The Morgan fingerprint density at radius 2 is 2.23 bits per heavy atom. The van der Waals surface area contributed by atoms with Gasteiger partial charge in [-0.15, -0.1) is 11.3 Å². The number of rotatable bonds is 3. The fraction of sp³-hybridized carbons (Fsp3) is 0.133. The zero-order valence-corrected chi connectivity index (χ0v) is 13.4. The Hall–Kier alpha value is -2.12. The highest BCUT2D eigenvalue weighted by Crippen LogP contribution is 2.26. The lowest BCUT2D eigenvalue weighted by Gasteiger charge is -2.01. The van der Waals surface area contributed by atoms with E-state index in [1.54, 1.807) is 18.8 Å². The Bertz CT molecular complexity index is 1010. The largest absolute Gasteiger partial charge is 0.287 e. The number of benzene rings is 1. The molecule has 0 saturated heterocycles. The van der Waals surface area contributed by atoms with Gasteiger partial charge in [-0.3, -0.25) is 8.61 Å². The van der Waals surface area contributed by atoms with Crippen molar-refractivity contribution in [2.24, 2.45) is 0 Å². The average molecular weight is 328 g/mol. The van der Waals surface area contributed by atoms with Gasteiger partial charge in [-0.2, -0.15) is 0 Å². The second-order valence-electron chi connectivity index (χ2n) is 4.97. The average Bonchev–Trinajstić information content (AvgIpc) is 3.11. The van der Waals surface area contributed by atoms with Crippen molar-refractivity contribution >= 4 is 38.0 Å². The third kappa shape index (κ3) is 2.32. The monoisotopic (exact) mass is 328 g/mol. The molecule has 5 nitrogen and oxygen atoms in total. The molecule has 0 amide bonds. The number of hydrogen-bond acceptors (Lipinski definition) is 5. The third-order valence-electron chi connectivity index (χ3n) is 3.46. The van der Waals surface area contributed by atoms with Crippen LogP contribution in [0.15, 0.2) is 47.3 Å². The fourth-order valence-corrected chi connectivity index (χ4v) is 4.13. The quantitative estimate of drug-likeness (QED) is 0.580. The van der Waals surface area contributed by atoms with Crippen molar-refractivity contribution < 1.29 is 4.21 Å². The Labute approximate surface area is 133 Å². The summed E-state index contributed by atoms with van der Waals surface area (Å²) < 4.78 is 15.3. The molecule has 0 radical (unpaired) electrons. The molecule has 0 aliphatic rings. The molecule has 0 saturated carbocycles. The van der Waals surface area contributed by atoms with E-state index < -0.39 is 10.8 Å². The van der Waals surface area contributed by atoms with Gasteiger partial charge >= 0.3 is 0 Å². The van der Waals surface area contributed by atoms with E-state index in [9.17, 15) is 4.21 Å². The molecule has 0 aliphatic heterocycles. The molecule has 1 aromatic carbocycles.